The third-order valence-corrected chi connectivity index (χ3v) is 7.13. The van der Waals surface area contributed by atoms with Crippen LogP contribution in [0.3, 0.4) is 0 Å². The lowest BCUT2D eigenvalue weighted by atomic mass is 9.91. The van der Waals surface area contributed by atoms with Crippen LogP contribution in [0.5, 0.6) is 0 Å². The predicted molar refractivity (Wildman–Crippen MR) is 130 cm³/mol. The molecule has 1 unspecified atom stereocenters. The van der Waals surface area contributed by atoms with Gasteiger partial charge in [-0.05, 0) is 54.8 Å². The molecule has 2 aromatic heterocycles. The summed E-state index contributed by atoms with van der Waals surface area (Å²) in [6.07, 6.45) is 3.79. The van der Waals surface area contributed by atoms with Crippen LogP contribution in [0.25, 0.3) is 20.9 Å². The third kappa shape index (κ3) is 4.84. The number of carbonyl (C=O) groups excluding carboxylic acids is 1. The first-order valence-corrected chi connectivity index (χ1v) is 11.8. The van der Waals surface area contributed by atoms with Gasteiger partial charge < -0.3 is 10.6 Å². The standard InChI is InChI=1S/C25H28ClN3OS/c1-25(2,3)23-14-16(10-11-28-23)21-8-9-22(31-21)19-7-6-17(13-20(19)26)24(30)29-12-4-5-18(27)15-29/h6-11,13-14,18H,4-5,12,15,27H2,1-3H3. The molecule has 4 nitrogen and oxygen atoms in total. The zero-order valence-corrected chi connectivity index (χ0v) is 19.8. The van der Waals surface area contributed by atoms with Crippen LogP contribution in [-0.2, 0) is 5.41 Å². The molecule has 0 bridgehead atoms. The highest BCUT2D eigenvalue weighted by Crippen LogP contribution is 2.38. The van der Waals surface area contributed by atoms with Crippen molar-refractivity contribution in [1.82, 2.24) is 9.88 Å². The molecule has 162 valence electrons. The van der Waals surface area contributed by atoms with E-state index in [0.717, 1.165) is 41.1 Å². The normalized spacial score (nSPS) is 17.1. The Bertz CT molecular complexity index is 1100. The Kier molecular flexibility index (Phi) is 6.20. The quantitative estimate of drug-likeness (QED) is 0.529. The lowest BCUT2D eigenvalue weighted by molar-refractivity contribution is 0.0709. The molecule has 4 rings (SSSR count). The van der Waals surface area contributed by atoms with Crippen LogP contribution in [0.4, 0.5) is 0 Å². The van der Waals surface area contributed by atoms with E-state index < -0.39 is 0 Å². The molecule has 6 heteroatoms. The van der Waals surface area contributed by atoms with Gasteiger partial charge >= 0.3 is 0 Å². The topological polar surface area (TPSA) is 59.2 Å². The summed E-state index contributed by atoms with van der Waals surface area (Å²) in [5.74, 6) is 0.00182. The second-order valence-electron chi connectivity index (χ2n) is 9.19. The summed E-state index contributed by atoms with van der Waals surface area (Å²) in [6, 6.07) is 14.1. The van der Waals surface area contributed by atoms with E-state index in [1.165, 1.54) is 4.88 Å². The summed E-state index contributed by atoms with van der Waals surface area (Å²) in [5, 5.41) is 0.589. The fourth-order valence-corrected chi connectivity index (χ4v) is 5.24. The third-order valence-electron chi connectivity index (χ3n) is 5.65. The Morgan fingerprint density at radius 1 is 1.16 bits per heavy atom. The molecule has 1 aliphatic heterocycles. The molecule has 1 aliphatic rings. The van der Waals surface area contributed by atoms with Gasteiger partial charge in [0.05, 0.1) is 5.02 Å². The van der Waals surface area contributed by atoms with Gasteiger partial charge in [0.2, 0.25) is 0 Å². The van der Waals surface area contributed by atoms with Crippen LogP contribution < -0.4 is 5.73 Å². The van der Waals surface area contributed by atoms with E-state index >= 15 is 0 Å². The minimum Gasteiger partial charge on any atom is -0.337 e. The number of carbonyl (C=O) groups is 1. The number of hydrogen-bond acceptors (Lipinski definition) is 4. The first-order valence-electron chi connectivity index (χ1n) is 10.6. The van der Waals surface area contributed by atoms with Crippen molar-refractivity contribution in [3.8, 4) is 20.9 Å². The van der Waals surface area contributed by atoms with Crippen LogP contribution in [0, 0.1) is 0 Å². The molecule has 1 amide bonds. The van der Waals surface area contributed by atoms with E-state index in [4.69, 9.17) is 17.3 Å². The molecule has 1 fully saturated rings. The number of thiophene rings is 1. The number of benzene rings is 1. The highest BCUT2D eigenvalue weighted by Gasteiger charge is 2.23. The SMILES string of the molecule is CC(C)(C)c1cc(-c2ccc(-c3ccc(C(=O)N4CCCC(N)C4)cc3Cl)s2)ccn1. The highest BCUT2D eigenvalue weighted by molar-refractivity contribution is 7.18. The zero-order valence-electron chi connectivity index (χ0n) is 18.2. The maximum atomic E-state index is 12.9. The monoisotopic (exact) mass is 453 g/mol. The average molecular weight is 454 g/mol. The lowest BCUT2D eigenvalue weighted by Gasteiger charge is -2.30. The van der Waals surface area contributed by atoms with E-state index in [0.29, 0.717) is 17.1 Å². The number of nitrogens with zero attached hydrogens (tertiary/aromatic N) is 2. The maximum absolute atomic E-state index is 12.9. The Balaban J connectivity index is 1.57. The van der Waals surface area contributed by atoms with Gasteiger partial charge in [-0.2, -0.15) is 0 Å². The van der Waals surface area contributed by atoms with Gasteiger partial charge in [0, 0.05) is 57.3 Å². The van der Waals surface area contributed by atoms with Gasteiger partial charge in [-0.15, -0.1) is 11.3 Å². The van der Waals surface area contributed by atoms with Crippen molar-refractivity contribution in [2.24, 2.45) is 5.73 Å². The molecule has 3 aromatic rings. The van der Waals surface area contributed by atoms with Crippen molar-refractivity contribution < 1.29 is 4.79 Å². The largest absolute Gasteiger partial charge is 0.337 e. The predicted octanol–water partition coefficient (Wildman–Crippen LogP) is 5.99. The molecule has 2 N–H and O–H groups in total. The second kappa shape index (κ2) is 8.73. The Morgan fingerprint density at radius 3 is 2.65 bits per heavy atom. The van der Waals surface area contributed by atoms with Crippen molar-refractivity contribution in [2.45, 2.75) is 45.1 Å². The lowest BCUT2D eigenvalue weighted by Crippen LogP contribution is -2.45. The Hall–Kier alpha value is -2.21. The second-order valence-corrected chi connectivity index (χ2v) is 10.7. The Labute approximate surface area is 193 Å². The van der Waals surface area contributed by atoms with Gasteiger partial charge in [0.15, 0.2) is 0 Å². The smallest absolute Gasteiger partial charge is 0.253 e. The van der Waals surface area contributed by atoms with Crippen LogP contribution >= 0.6 is 22.9 Å². The van der Waals surface area contributed by atoms with Gasteiger partial charge in [-0.25, -0.2) is 0 Å². The highest BCUT2D eigenvalue weighted by atomic mass is 35.5. The molecule has 1 aromatic carbocycles. The number of amides is 1. The first kappa shape index (κ1) is 22.0. The number of pyridine rings is 1. The molecule has 0 spiro atoms. The van der Waals surface area contributed by atoms with Crippen molar-refractivity contribution in [3.05, 3.63) is 64.9 Å². The summed E-state index contributed by atoms with van der Waals surface area (Å²) in [7, 11) is 0. The number of aromatic nitrogens is 1. The molecule has 0 saturated carbocycles. The molecule has 0 radical (unpaired) electrons. The minimum absolute atomic E-state index is 0.0000510. The summed E-state index contributed by atoms with van der Waals surface area (Å²) < 4.78 is 0. The van der Waals surface area contributed by atoms with Crippen molar-refractivity contribution in [2.75, 3.05) is 13.1 Å². The van der Waals surface area contributed by atoms with E-state index in [2.05, 4.69) is 44.0 Å². The zero-order chi connectivity index (χ0) is 22.2. The fourth-order valence-electron chi connectivity index (χ4n) is 3.86. The molecular formula is C25H28ClN3OS. The molecule has 3 heterocycles. The van der Waals surface area contributed by atoms with E-state index in [9.17, 15) is 4.79 Å². The number of piperidine rings is 1. The van der Waals surface area contributed by atoms with Crippen LogP contribution in [0.15, 0.2) is 48.7 Å². The summed E-state index contributed by atoms with van der Waals surface area (Å²) >= 11 is 8.31. The molecule has 1 saturated heterocycles. The Morgan fingerprint density at radius 2 is 1.94 bits per heavy atom. The average Bonchev–Trinajstić information content (AvgIpc) is 3.22. The van der Waals surface area contributed by atoms with E-state index in [1.807, 2.05) is 29.3 Å². The molecule has 1 atom stereocenters. The van der Waals surface area contributed by atoms with Gasteiger partial charge in [-0.1, -0.05) is 38.4 Å². The molecule has 31 heavy (non-hydrogen) atoms. The van der Waals surface area contributed by atoms with E-state index in [-0.39, 0.29) is 17.4 Å². The van der Waals surface area contributed by atoms with Crippen molar-refractivity contribution in [3.63, 3.8) is 0 Å². The maximum Gasteiger partial charge on any atom is 0.253 e. The minimum atomic E-state index is 0.0000510. The van der Waals surface area contributed by atoms with E-state index in [1.54, 1.807) is 17.4 Å². The van der Waals surface area contributed by atoms with Crippen molar-refractivity contribution in [1.29, 1.82) is 0 Å². The number of rotatable bonds is 3. The number of nitrogens with two attached hydrogens (primary N) is 1. The van der Waals surface area contributed by atoms with Gasteiger partial charge in [-0.3, -0.25) is 9.78 Å². The first-order chi connectivity index (χ1) is 14.7. The van der Waals surface area contributed by atoms with Gasteiger partial charge in [0.1, 0.15) is 0 Å². The summed E-state index contributed by atoms with van der Waals surface area (Å²) in [5.41, 5.74) is 9.81. The molecular weight excluding hydrogens is 426 g/mol. The van der Waals surface area contributed by atoms with Crippen molar-refractivity contribution >= 4 is 28.8 Å². The number of hydrogen-bond donors (Lipinski definition) is 1. The van der Waals surface area contributed by atoms with Crippen LogP contribution in [-0.4, -0.2) is 34.9 Å². The molecule has 0 aliphatic carbocycles. The number of halogens is 1. The fraction of sp³-hybridized carbons (Fsp3) is 0.360. The van der Waals surface area contributed by atoms with Crippen LogP contribution in [0.2, 0.25) is 5.02 Å². The van der Waals surface area contributed by atoms with Crippen LogP contribution in [0.1, 0.15) is 49.7 Å². The summed E-state index contributed by atoms with van der Waals surface area (Å²) in [6.45, 7) is 7.86. The summed E-state index contributed by atoms with van der Waals surface area (Å²) in [4.78, 5) is 21.5. The van der Waals surface area contributed by atoms with Gasteiger partial charge in [0.25, 0.3) is 5.91 Å². The number of likely N-dealkylation sites (tertiary alicyclic amines) is 1.